The third-order valence-electron chi connectivity index (χ3n) is 3.96. The van der Waals surface area contributed by atoms with Crippen molar-refractivity contribution in [3.05, 3.63) is 58.6 Å². The van der Waals surface area contributed by atoms with E-state index < -0.39 is 0 Å². The second kappa shape index (κ2) is 9.64. The highest BCUT2D eigenvalue weighted by molar-refractivity contribution is 7.99. The summed E-state index contributed by atoms with van der Waals surface area (Å²) in [7, 11) is 1.65. The number of aryl methyl sites for hydroxylation is 2. The molecular formula is C20H23ClN2O2S. The molecular weight excluding hydrogens is 368 g/mol. The van der Waals surface area contributed by atoms with E-state index in [0.717, 1.165) is 21.7 Å². The molecule has 2 aromatic rings. The van der Waals surface area contributed by atoms with Gasteiger partial charge >= 0.3 is 0 Å². The Balaban J connectivity index is 1.81. The number of likely N-dealkylation sites (N-methyl/N-ethyl adjacent to an activating group) is 1. The topological polar surface area (TPSA) is 49.4 Å². The number of para-hydroxylation sites is 1. The van der Waals surface area contributed by atoms with E-state index in [-0.39, 0.29) is 18.4 Å². The van der Waals surface area contributed by atoms with Crippen LogP contribution in [0.3, 0.4) is 0 Å². The van der Waals surface area contributed by atoms with E-state index in [9.17, 15) is 9.59 Å². The first-order valence-electron chi connectivity index (χ1n) is 8.36. The number of hydrogen-bond acceptors (Lipinski definition) is 3. The lowest BCUT2D eigenvalue weighted by Gasteiger charge is -2.18. The minimum absolute atomic E-state index is 0.0311. The van der Waals surface area contributed by atoms with Crippen molar-refractivity contribution in [2.45, 2.75) is 25.2 Å². The second-order valence-corrected chi connectivity index (χ2v) is 7.64. The molecule has 4 nitrogen and oxygen atoms in total. The highest BCUT2D eigenvalue weighted by Crippen LogP contribution is 2.27. The lowest BCUT2D eigenvalue weighted by Crippen LogP contribution is -2.35. The summed E-state index contributed by atoms with van der Waals surface area (Å²) in [4.78, 5) is 26.9. The summed E-state index contributed by atoms with van der Waals surface area (Å²) in [6, 6.07) is 13.4. The molecule has 0 aliphatic carbocycles. The Hall–Kier alpha value is -1.98. The Labute approximate surface area is 163 Å². The molecule has 2 aromatic carbocycles. The number of nitrogens with zero attached hydrogens (tertiary/aromatic N) is 1. The van der Waals surface area contributed by atoms with Gasteiger partial charge in [0.2, 0.25) is 11.8 Å². The van der Waals surface area contributed by atoms with Crippen LogP contribution in [0.5, 0.6) is 0 Å². The molecule has 0 aliphatic heterocycles. The van der Waals surface area contributed by atoms with Crippen molar-refractivity contribution < 1.29 is 9.59 Å². The maximum atomic E-state index is 12.2. The van der Waals surface area contributed by atoms with Gasteiger partial charge in [-0.1, -0.05) is 41.9 Å². The highest BCUT2D eigenvalue weighted by atomic mass is 35.5. The fourth-order valence-corrected chi connectivity index (χ4v) is 3.67. The van der Waals surface area contributed by atoms with Crippen molar-refractivity contribution in [3.8, 4) is 0 Å². The van der Waals surface area contributed by atoms with E-state index in [4.69, 9.17) is 11.6 Å². The van der Waals surface area contributed by atoms with Crippen molar-refractivity contribution in [1.82, 2.24) is 4.90 Å². The van der Waals surface area contributed by atoms with Gasteiger partial charge in [0.1, 0.15) is 0 Å². The van der Waals surface area contributed by atoms with E-state index in [1.54, 1.807) is 7.05 Å². The molecule has 138 valence electrons. The molecule has 0 spiro atoms. The lowest BCUT2D eigenvalue weighted by atomic mass is 10.1. The zero-order valence-corrected chi connectivity index (χ0v) is 16.8. The number of carbonyl (C=O) groups excluding carboxylic acids is 2. The van der Waals surface area contributed by atoms with Crippen LogP contribution in [-0.4, -0.2) is 36.1 Å². The van der Waals surface area contributed by atoms with Gasteiger partial charge in [0.15, 0.2) is 0 Å². The third-order valence-corrected chi connectivity index (χ3v) is 5.48. The van der Waals surface area contributed by atoms with E-state index in [1.165, 1.54) is 16.7 Å². The van der Waals surface area contributed by atoms with Crippen molar-refractivity contribution in [2.75, 3.05) is 24.7 Å². The van der Waals surface area contributed by atoms with Crippen LogP contribution in [0.15, 0.2) is 47.4 Å². The lowest BCUT2D eigenvalue weighted by molar-refractivity contribution is -0.132. The van der Waals surface area contributed by atoms with Gasteiger partial charge < -0.3 is 10.2 Å². The maximum absolute atomic E-state index is 12.2. The minimum Gasteiger partial charge on any atom is -0.336 e. The van der Waals surface area contributed by atoms with Gasteiger partial charge in [-0.25, -0.2) is 0 Å². The monoisotopic (exact) mass is 390 g/mol. The van der Waals surface area contributed by atoms with Crippen LogP contribution in [0.1, 0.15) is 17.5 Å². The Morgan fingerprint density at radius 1 is 1.08 bits per heavy atom. The van der Waals surface area contributed by atoms with Gasteiger partial charge in [-0.15, -0.1) is 11.8 Å². The SMILES string of the molecule is Cc1cccc(C)c1NC(=O)CN(C)C(=O)CCSc1ccccc1Cl. The molecule has 0 radical (unpaired) electrons. The van der Waals surface area contributed by atoms with Gasteiger partial charge in [0, 0.05) is 29.8 Å². The molecule has 26 heavy (non-hydrogen) atoms. The largest absolute Gasteiger partial charge is 0.336 e. The molecule has 6 heteroatoms. The summed E-state index contributed by atoms with van der Waals surface area (Å²) in [5, 5.41) is 3.58. The maximum Gasteiger partial charge on any atom is 0.243 e. The smallest absolute Gasteiger partial charge is 0.243 e. The zero-order chi connectivity index (χ0) is 19.1. The van der Waals surface area contributed by atoms with E-state index in [1.807, 2.05) is 56.3 Å². The number of hydrogen-bond donors (Lipinski definition) is 1. The first-order chi connectivity index (χ1) is 12.4. The number of benzene rings is 2. The van der Waals surface area contributed by atoms with Crippen LogP contribution in [0.4, 0.5) is 5.69 Å². The van der Waals surface area contributed by atoms with Crippen LogP contribution in [-0.2, 0) is 9.59 Å². The molecule has 2 amide bonds. The number of carbonyl (C=O) groups is 2. The summed E-state index contributed by atoms with van der Waals surface area (Å²) < 4.78 is 0. The van der Waals surface area contributed by atoms with Crippen molar-refractivity contribution in [1.29, 1.82) is 0 Å². The second-order valence-electron chi connectivity index (χ2n) is 6.09. The number of rotatable bonds is 7. The first kappa shape index (κ1) is 20.3. The summed E-state index contributed by atoms with van der Waals surface area (Å²) in [6.07, 6.45) is 0.350. The summed E-state index contributed by atoms with van der Waals surface area (Å²) in [5.74, 6) is 0.351. The number of halogens is 1. The molecule has 0 fully saturated rings. The van der Waals surface area contributed by atoms with E-state index >= 15 is 0 Å². The molecule has 0 atom stereocenters. The average Bonchev–Trinajstić information content (AvgIpc) is 2.59. The van der Waals surface area contributed by atoms with Gasteiger partial charge in [0.05, 0.1) is 11.6 Å². The quantitative estimate of drug-likeness (QED) is 0.706. The van der Waals surface area contributed by atoms with Gasteiger partial charge in [-0.3, -0.25) is 9.59 Å². The summed E-state index contributed by atoms with van der Waals surface area (Å²) in [5.41, 5.74) is 2.82. The molecule has 0 saturated heterocycles. The number of anilines is 1. The van der Waals surface area contributed by atoms with Crippen LogP contribution in [0, 0.1) is 13.8 Å². The fraction of sp³-hybridized carbons (Fsp3) is 0.300. The molecule has 0 saturated carbocycles. The molecule has 0 aliphatic rings. The van der Waals surface area contributed by atoms with Crippen LogP contribution < -0.4 is 5.32 Å². The molecule has 1 N–H and O–H groups in total. The fourth-order valence-electron chi connectivity index (χ4n) is 2.50. The molecule has 0 heterocycles. The molecule has 0 bridgehead atoms. The highest BCUT2D eigenvalue weighted by Gasteiger charge is 2.14. The minimum atomic E-state index is -0.197. The Morgan fingerprint density at radius 3 is 2.38 bits per heavy atom. The molecule has 2 rings (SSSR count). The molecule has 0 aromatic heterocycles. The zero-order valence-electron chi connectivity index (χ0n) is 15.2. The normalized spacial score (nSPS) is 10.5. The average molecular weight is 391 g/mol. The first-order valence-corrected chi connectivity index (χ1v) is 9.72. The Bertz CT molecular complexity index is 775. The molecule has 0 unspecified atom stereocenters. The van der Waals surface area contributed by atoms with E-state index in [2.05, 4.69) is 5.32 Å². The van der Waals surface area contributed by atoms with Crippen LogP contribution >= 0.6 is 23.4 Å². The Morgan fingerprint density at radius 2 is 1.73 bits per heavy atom. The number of nitrogens with one attached hydrogen (secondary N) is 1. The van der Waals surface area contributed by atoms with Gasteiger partial charge in [-0.2, -0.15) is 0 Å². The number of amides is 2. The van der Waals surface area contributed by atoms with Crippen molar-refractivity contribution in [3.63, 3.8) is 0 Å². The van der Waals surface area contributed by atoms with Crippen molar-refractivity contribution in [2.24, 2.45) is 0 Å². The Kier molecular flexibility index (Phi) is 7.54. The van der Waals surface area contributed by atoms with Crippen LogP contribution in [0.25, 0.3) is 0 Å². The predicted molar refractivity (Wildman–Crippen MR) is 109 cm³/mol. The standard InChI is InChI=1S/C20H23ClN2O2S/c1-14-7-6-8-15(2)20(14)22-18(24)13-23(3)19(25)11-12-26-17-10-5-4-9-16(17)21/h4-10H,11-13H2,1-3H3,(H,22,24). The van der Waals surface area contributed by atoms with Crippen LogP contribution in [0.2, 0.25) is 5.02 Å². The predicted octanol–water partition coefficient (Wildman–Crippen LogP) is 4.54. The summed E-state index contributed by atoms with van der Waals surface area (Å²) in [6.45, 7) is 3.93. The number of thioether (sulfide) groups is 1. The van der Waals surface area contributed by atoms with Gasteiger partial charge in [0.25, 0.3) is 0 Å². The van der Waals surface area contributed by atoms with Crippen molar-refractivity contribution >= 4 is 40.9 Å². The summed E-state index contributed by atoms with van der Waals surface area (Å²) >= 11 is 7.64. The third kappa shape index (κ3) is 5.78. The van der Waals surface area contributed by atoms with Gasteiger partial charge in [-0.05, 0) is 37.1 Å². The van der Waals surface area contributed by atoms with E-state index in [0.29, 0.717) is 17.2 Å².